The summed E-state index contributed by atoms with van der Waals surface area (Å²) in [5.74, 6) is -0.676. The van der Waals surface area contributed by atoms with Crippen LogP contribution in [0.4, 0.5) is 4.39 Å². The second-order valence-corrected chi connectivity index (χ2v) is 13.6. The van der Waals surface area contributed by atoms with E-state index in [0.717, 1.165) is 64.6 Å². The molecule has 0 unspecified atom stereocenters. The Morgan fingerprint density at radius 3 is 2.05 bits per heavy atom. The van der Waals surface area contributed by atoms with E-state index in [2.05, 4.69) is 14.5 Å². The molecule has 2 aromatic rings. The molecule has 0 bridgehead atoms. The number of hydrogen-bond donors (Lipinski definition) is 1. The maximum absolute atomic E-state index is 13.5. The van der Waals surface area contributed by atoms with Crippen molar-refractivity contribution in [2.75, 3.05) is 52.5 Å². The predicted octanol–water partition coefficient (Wildman–Crippen LogP) is 2.86. The van der Waals surface area contributed by atoms with Gasteiger partial charge in [-0.2, -0.15) is 0 Å². The van der Waals surface area contributed by atoms with E-state index in [4.69, 9.17) is 4.74 Å². The van der Waals surface area contributed by atoms with E-state index in [9.17, 15) is 21.2 Å². The molecule has 2 aliphatic rings. The molecule has 2 heterocycles. The third-order valence-electron chi connectivity index (χ3n) is 7.08. The molecule has 2 aromatic carbocycles. The number of morpholine rings is 1. The molecule has 204 valence electrons. The summed E-state index contributed by atoms with van der Waals surface area (Å²) in [6, 6.07) is 8.49. The van der Waals surface area contributed by atoms with E-state index >= 15 is 0 Å². The van der Waals surface area contributed by atoms with Crippen molar-refractivity contribution in [2.24, 2.45) is 0 Å². The number of halogens is 1. The summed E-state index contributed by atoms with van der Waals surface area (Å²) < 4.78 is 74.9. The van der Waals surface area contributed by atoms with E-state index in [1.807, 2.05) is 13.8 Å². The van der Waals surface area contributed by atoms with Crippen LogP contribution in [0.1, 0.15) is 38.2 Å². The minimum atomic E-state index is -4.01. The molecular weight excluding hydrogens is 517 g/mol. The Labute approximate surface area is 219 Å². The number of rotatable bonds is 9. The van der Waals surface area contributed by atoms with E-state index in [1.54, 1.807) is 6.07 Å². The highest BCUT2D eigenvalue weighted by Gasteiger charge is 2.29. The highest BCUT2D eigenvalue weighted by Crippen LogP contribution is 2.30. The molecule has 0 radical (unpaired) electrons. The molecular formula is C26H36FN3O5S2. The fraction of sp³-hybridized carbons (Fsp3) is 0.538. The molecule has 4 rings (SSSR count). The molecule has 0 amide bonds. The second-order valence-electron chi connectivity index (χ2n) is 10.0. The van der Waals surface area contributed by atoms with Crippen molar-refractivity contribution < 1.29 is 26.0 Å². The number of sulfonamides is 1. The molecule has 2 fully saturated rings. The SMILES string of the molecule is CC(C)c1ccc(S(=O)(=O)c2ccc(F)cc2)cc1S(=O)(=O)NC1CCN(CCN2CCOCC2)CC1. The van der Waals surface area contributed by atoms with Gasteiger partial charge in [0.25, 0.3) is 0 Å². The number of nitrogens with one attached hydrogen (secondary N) is 1. The lowest BCUT2D eigenvalue weighted by molar-refractivity contribution is 0.0320. The smallest absolute Gasteiger partial charge is 0.241 e. The van der Waals surface area contributed by atoms with Gasteiger partial charge in [-0.15, -0.1) is 0 Å². The topological polar surface area (TPSA) is 96.0 Å². The molecule has 37 heavy (non-hydrogen) atoms. The van der Waals surface area contributed by atoms with Gasteiger partial charge in [-0.1, -0.05) is 19.9 Å². The highest BCUT2D eigenvalue weighted by atomic mass is 32.2. The first-order valence-electron chi connectivity index (χ1n) is 12.8. The molecule has 2 saturated heterocycles. The van der Waals surface area contributed by atoms with E-state index in [0.29, 0.717) is 18.4 Å². The highest BCUT2D eigenvalue weighted by molar-refractivity contribution is 7.91. The van der Waals surface area contributed by atoms with Crippen molar-refractivity contribution in [3.63, 3.8) is 0 Å². The minimum Gasteiger partial charge on any atom is -0.379 e. The fourth-order valence-electron chi connectivity index (χ4n) is 4.81. The van der Waals surface area contributed by atoms with Crippen molar-refractivity contribution in [1.29, 1.82) is 0 Å². The Morgan fingerprint density at radius 1 is 0.892 bits per heavy atom. The zero-order valence-electron chi connectivity index (χ0n) is 21.4. The first-order chi connectivity index (χ1) is 17.6. The van der Waals surface area contributed by atoms with Crippen molar-refractivity contribution in [1.82, 2.24) is 14.5 Å². The average molecular weight is 554 g/mol. The van der Waals surface area contributed by atoms with Crippen molar-refractivity contribution in [3.05, 3.63) is 53.8 Å². The lowest BCUT2D eigenvalue weighted by atomic mass is 10.0. The molecule has 0 saturated carbocycles. The van der Waals surface area contributed by atoms with Gasteiger partial charge in [0, 0.05) is 32.2 Å². The standard InChI is InChI=1S/C26H36FN3O5S2/c1-20(2)25-8-7-24(36(31,32)23-5-3-21(27)4-6-23)19-26(25)37(33,34)28-22-9-11-29(12-10-22)13-14-30-15-17-35-18-16-30/h3-8,19-20,22,28H,9-18H2,1-2H3. The largest absolute Gasteiger partial charge is 0.379 e. The number of likely N-dealkylation sites (tertiary alicyclic amines) is 1. The lowest BCUT2D eigenvalue weighted by Gasteiger charge is -2.34. The van der Waals surface area contributed by atoms with Gasteiger partial charge >= 0.3 is 0 Å². The predicted molar refractivity (Wildman–Crippen MR) is 139 cm³/mol. The normalized spacial score (nSPS) is 18.9. The Balaban J connectivity index is 1.46. The number of sulfone groups is 1. The van der Waals surface area contributed by atoms with Crippen molar-refractivity contribution in [3.8, 4) is 0 Å². The van der Waals surface area contributed by atoms with Crippen LogP contribution in [0.5, 0.6) is 0 Å². The zero-order valence-corrected chi connectivity index (χ0v) is 23.0. The summed E-state index contributed by atoms with van der Waals surface area (Å²) in [5, 5.41) is 0. The van der Waals surface area contributed by atoms with Crippen LogP contribution in [0.3, 0.4) is 0 Å². The Hall–Kier alpha value is -1.89. The van der Waals surface area contributed by atoms with Gasteiger partial charge in [0.2, 0.25) is 19.9 Å². The molecule has 11 heteroatoms. The monoisotopic (exact) mass is 553 g/mol. The van der Waals surface area contributed by atoms with Crippen LogP contribution >= 0.6 is 0 Å². The summed E-state index contributed by atoms with van der Waals surface area (Å²) in [4.78, 5) is 4.49. The molecule has 1 N–H and O–H groups in total. The minimum absolute atomic E-state index is 0.0274. The van der Waals surface area contributed by atoms with Crippen LogP contribution < -0.4 is 4.72 Å². The third-order valence-corrected chi connectivity index (χ3v) is 10.4. The number of hydrogen-bond acceptors (Lipinski definition) is 7. The number of benzene rings is 2. The van der Waals surface area contributed by atoms with Crippen LogP contribution in [0.25, 0.3) is 0 Å². The van der Waals surface area contributed by atoms with Crippen molar-refractivity contribution >= 4 is 19.9 Å². The molecule has 0 atom stereocenters. The van der Waals surface area contributed by atoms with Gasteiger partial charge < -0.3 is 9.64 Å². The Kier molecular flexibility index (Phi) is 9.03. The number of nitrogens with zero attached hydrogens (tertiary/aromatic N) is 2. The Morgan fingerprint density at radius 2 is 1.46 bits per heavy atom. The van der Waals surface area contributed by atoms with Crippen molar-refractivity contribution in [2.45, 2.75) is 53.3 Å². The van der Waals surface area contributed by atoms with Gasteiger partial charge in [0.05, 0.1) is 27.9 Å². The summed E-state index contributed by atoms with van der Waals surface area (Å²) in [6.45, 7) is 10.7. The van der Waals surface area contributed by atoms with Gasteiger partial charge in [-0.25, -0.2) is 25.9 Å². The van der Waals surface area contributed by atoms with E-state index in [1.165, 1.54) is 24.3 Å². The summed E-state index contributed by atoms with van der Waals surface area (Å²) in [6.07, 6.45) is 1.37. The van der Waals surface area contributed by atoms with E-state index in [-0.39, 0.29) is 26.6 Å². The van der Waals surface area contributed by atoms with Crippen LogP contribution in [0.2, 0.25) is 0 Å². The van der Waals surface area contributed by atoms with Gasteiger partial charge in [-0.3, -0.25) is 4.90 Å². The van der Waals surface area contributed by atoms with E-state index < -0.39 is 25.7 Å². The van der Waals surface area contributed by atoms with Crippen LogP contribution in [0.15, 0.2) is 57.2 Å². The molecule has 0 aliphatic carbocycles. The van der Waals surface area contributed by atoms with Crippen LogP contribution in [0, 0.1) is 5.82 Å². The van der Waals surface area contributed by atoms with Gasteiger partial charge in [0.1, 0.15) is 5.82 Å². The van der Waals surface area contributed by atoms with Gasteiger partial charge in [-0.05, 0) is 73.8 Å². The second kappa shape index (κ2) is 11.9. The maximum Gasteiger partial charge on any atom is 0.241 e. The number of ether oxygens (including phenoxy) is 1. The average Bonchev–Trinajstić information content (AvgIpc) is 2.88. The third kappa shape index (κ3) is 6.96. The lowest BCUT2D eigenvalue weighted by Crippen LogP contribution is -2.47. The zero-order chi connectivity index (χ0) is 26.6. The van der Waals surface area contributed by atoms with Gasteiger partial charge in [0.15, 0.2) is 0 Å². The maximum atomic E-state index is 13.5. The quantitative estimate of drug-likeness (QED) is 0.477. The molecule has 0 spiro atoms. The first kappa shape index (κ1) is 28.1. The molecule has 2 aliphatic heterocycles. The first-order valence-corrected chi connectivity index (χ1v) is 15.7. The summed E-state index contributed by atoms with van der Waals surface area (Å²) >= 11 is 0. The summed E-state index contributed by atoms with van der Waals surface area (Å²) in [7, 11) is -7.98. The number of piperidine rings is 1. The molecule has 8 nitrogen and oxygen atoms in total. The fourth-order valence-corrected chi connectivity index (χ4v) is 7.87. The summed E-state index contributed by atoms with van der Waals surface area (Å²) in [5.41, 5.74) is 0.550. The van der Waals surface area contributed by atoms with Crippen LogP contribution in [-0.2, 0) is 24.6 Å². The van der Waals surface area contributed by atoms with Crippen LogP contribution in [-0.4, -0.2) is 85.2 Å². The molecule has 0 aromatic heterocycles. The Bertz CT molecular complexity index is 1270.